The van der Waals surface area contributed by atoms with E-state index in [1.54, 1.807) is 27.8 Å². The number of ketones is 1. The van der Waals surface area contributed by atoms with Crippen LogP contribution in [0.3, 0.4) is 0 Å². The topological polar surface area (TPSA) is 54.5 Å². The first kappa shape index (κ1) is 25.3. The highest BCUT2D eigenvalue weighted by molar-refractivity contribution is 7.89. The Morgan fingerprint density at radius 3 is 2.31 bits per heavy atom. The van der Waals surface area contributed by atoms with Crippen molar-refractivity contribution in [3.8, 4) is 0 Å². The molecule has 2 heterocycles. The van der Waals surface area contributed by atoms with Crippen LogP contribution in [0.15, 0.2) is 87.8 Å². The van der Waals surface area contributed by atoms with E-state index in [0.717, 1.165) is 10.4 Å². The first-order chi connectivity index (χ1) is 17.1. The third-order valence-electron chi connectivity index (χ3n) is 8.12. The van der Waals surface area contributed by atoms with Crippen LogP contribution >= 0.6 is 11.3 Å². The van der Waals surface area contributed by atoms with Crippen LogP contribution in [0.1, 0.15) is 29.7 Å². The average molecular weight is 536 g/mol. The molecular formula is C29H33NO3S2Si. The van der Waals surface area contributed by atoms with Crippen LogP contribution in [0.4, 0.5) is 0 Å². The van der Waals surface area contributed by atoms with Gasteiger partial charge in [-0.25, -0.2) is 8.42 Å². The van der Waals surface area contributed by atoms with Gasteiger partial charge in [0, 0.05) is 29.8 Å². The Hall–Kier alpha value is -2.32. The maximum atomic E-state index is 13.9. The van der Waals surface area contributed by atoms with Crippen LogP contribution in [-0.4, -0.2) is 39.7 Å². The first-order valence-corrected chi connectivity index (χ1v) is 17.9. The minimum absolute atomic E-state index is 0.139. The molecule has 0 spiro atoms. The molecule has 1 aromatic heterocycles. The third-order valence-corrected chi connectivity index (χ3v) is 14.8. The minimum atomic E-state index is -3.69. The molecule has 3 aromatic rings. The van der Waals surface area contributed by atoms with Gasteiger partial charge in [-0.3, -0.25) is 4.79 Å². The van der Waals surface area contributed by atoms with Crippen molar-refractivity contribution < 1.29 is 13.2 Å². The fourth-order valence-electron chi connectivity index (χ4n) is 6.09. The SMILES string of the molecule is Cc1ccc(S(=O)(=O)N2CCC([Si](C)(C)c3ccccc3)=C3C(C)C(=O)C(c4cccs4)C3C2)cc1. The lowest BCUT2D eigenvalue weighted by Gasteiger charge is -2.30. The maximum absolute atomic E-state index is 13.9. The van der Waals surface area contributed by atoms with Gasteiger partial charge < -0.3 is 0 Å². The van der Waals surface area contributed by atoms with Crippen LogP contribution in [0, 0.1) is 18.8 Å². The number of Topliss-reactive ketones (excluding diaryl/α,β-unsaturated/α-hetero) is 1. The molecule has 0 amide bonds. The predicted octanol–water partition coefficient (Wildman–Crippen LogP) is 5.52. The van der Waals surface area contributed by atoms with Crippen molar-refractivity contribution in [3.05, 3.63) is 93.3 Å². The second-order valence-electron chi connectivity index (χ2n) is 10.6. The summed E-state index contributed by atoms with van der Waals surface area (Å²) >= 11 is 1.60. The number of hydrogen-bond donors (Lipinski definition) is 0. The number of carbonyl (C=O) groups excluding carboxylic acids is 1. The fraction of sp³-hybridized carbons (Fsp3) is 0.345. The second-order valence-corrected chi connectivity index (χ2v) is 17.9. The van der Waals surface area contributed by atoms with Crippen molar-refractivity contribution >= 4 is 40.4 Å². The number of fused-ring (bicyclic) bond motifs is 1. The normalized spacial score (nSPS) is 23.6. The van der Waals surface area contributed by atoms with Crippen molar-refractivity contribution in [1.29, 1.82) is 0 Å². The highest BCUT2D eigenvalue weighted by Crippen LogP contribution is 2.50. The molecule has 2 aromatic carbocycles. The number of hydrogen-bond acceptors (Lipinski definition) is 4. The van der Waals surface area contributed by atoms with E-state index in [0.29, 0.717) is 24.4 Å². The fourth-order valence-corrected chi connectivity index (χ4v) is 11.7. The van der Waals surface area contributed by atoms with E-state index in [-0.39, 0.29) is 23.5 Å². The van der Waals surface area contributed by atoms with Gasteiger partial charge >= 0.3 is 0 Å². The monoisotopic (exact) mass is 535 g/mol. The lowest BCUT2D eigenvalue weighted by molar-refractivity contribution is -0.121. The summed E-state index contributed by atoms with van der Waals surface area (Å²) in [7, 11) is -5.84. The van der Waals surface area contributed by atoms with Gasteiger partial charge in [-0.05, 0) is 36.9 Å². The number of nitrogens with zero attached hydrogens (tertiary/aromatic N) is 1. The molecule has 1 aliphatic heterocycles. The molecule has 4 nitrogen and oxygen atoms in total. The summed E-state index contributed by atoms with van der Waals surface area (Å²) < 4.78 is 29.4. The van der Waals surface area contributed by atoms with Crippen LogP contribution in [-0.2, 0) is 14.8 Å². The molecule has 2 aliphatic rings. The second kappa shape index (κ2) is 9.52. The molecule has 0 radical (unpaired) electrons. The third kappa shape index (κ3) is 4.26. The van der Waals surface area contributed by atoms with Crippen LogP contribution in [0.5, 0.6) is 0 Å². The van der Waals surface area contributed by atoms with E-state index < -0.39 is 18.1 Å². The highest BCUT2D eigenvalue weighted by Gasteiger charge is 2.51. The number of benzene rings is 2. The summed E-state index contributed by atoms with van der Waals surface area (Å²) in [4.78, 5) is 15.1. The summed E-state index contributed by atoms with van der Waals surface area (Å²) in [6.45, 7) is 9.47. The van der Waals surface area contributed by atoms with E-state index in [4.69, 9.17) is 0 Å². The molecule has 0 bridgehead atoms. The number of sulfonamides is 1. The standard InChI is InChI=1S/C29H33NO3S2Si/c1-20-12-14-22(15-13-20)35(32,33)30-17-16-26(36(3,4)23-9-6-5-7-10-23)27-21(2)29(31)28(24(27)19-30)25-11-8-18-34-25/h5-15,18,21,24,28H,16-17,19H2,1-4H3. The number of carbonyl (C=O) groups is 1. The summed E-state index contributed by atoms with van der Waals surface area (Å²) in [6, 6.07) is 21.7. The van der Waals surface area contributed by atoms with Gasteiger partial charge in [0.05, 0.1) is 10.8 Å². The zero-order valence-electron chi connectivity index (χ0n) is 21.3. The predicted molar refractivity (Wildman–Crippen MR) is 150 cm³/mol. The van der Waals surface area contributed by atoms with Crippen LogP contribution in [0.25, 0.3) is 0 Å². The Morgan fingerprint density at radius 1 is 0.972 bits per heavy atom. The summed E-state index contributed by atoms with van der Waals surface area (Å²) in [5.74, 6) is -0.407. The van der Waals surface area contributed by atoms with Crippen molar-refractivity contribution in [2.24, 2.45) is 11.8 Å². The van der Waals surface area contributed by atoms with E-state index >= 15 is 0 Å². The van der Waals surface area contributed by atoms with Crippen molar-refractivity contribution in [3.63, 3.8) is 0 Å². The molecule has 5 rings (SSSR count). The van der Waals surface area contributed by atoms with Crippen molar-refractivity contribution in [1.82, 2.24) is 4.31 Å². The first-order valence-electron chi connectivity index (χ1n) is 12.5. The number of rotatable bonds is 5. The lowest BCUT2D eigenvalue weighted by atomic mass is 9.91. The van der Waals surface area contributed by atoms with Gasteiger partial charge in [0.1, 0.15) is 13.9 Å². The summed E-state index contributed by atoms with van der Waals surface area (Å²) in [6.07, 6.45) is 0.666. The molecule has 0 N–H and O–H groups in total. The molecule has 0 saturated heterocycles. The number of thiophene rings is 1. The Balaban J connectivity index is 1.65. The van der Waals surface area contributed by atoms with Crippen molar-refractivity contribution in [2.75, 3.05) is 13.1 Å². The van der Waals surface area contributed by atoms with Gasteiger partial charge in [-0.1, -0.05) is 90.1 Å². The van der Waals surface area contributed by atoms with E-state index in [9.17, 15) is 13.2 Å². The minimum Gasteiger partial charge on any atom is -0.298 e. The molecule has 3 unspecified atom stereocenters. The molecule has 1 fully saturated rings. The Labute approximate surface area is 219 Å². The highest BCUT2D eigenvalue weighted by atomic mass is 32.2. The summed E-state index contributed by atoms with van der Waals surface area (Å²) in [5.41, 5.74) is 2.24. The van der Waals surface area contributed by atoms with Gasteiger partial charge in [0.25, 0.3) is 0 Å². The Kier molecular flexibility index (Phi) is 6.70. The zero-order chi connectivity index (χ0) is 25.7. The average Bonchev–Trinajstić information content (AvgIpc) is 3.40. The number of aryl methyl sites for hydroxylation is 1. The molecular weight excluding hydrogens is 503 g/mol. The van der Waals surface area contributed by atoms with Crippen molar-refractivity contribution in [2.45, 2.75) is 44.2 Å². The molecule has 1 saturated carbocycles. The smallest absolute Gasteiger partial charge is 0.243 e. The van der Waals surface area contributed by atoms with E-state index in [2.05, 4.69) is 37.4 Å². The van der Waals surface area contributed by atoms with Gasteiger partial charge in [-0.15, -0.1) is 11.3 Å². The van der Waals surface area contributed by atoms with E-state index in [1.165, 1.54) is 16.0 Å². The van der Waals surface area contributed by atoms with E-state index in [1.807, 2.05) is 49.6 Å². The molecule has 1 aliphatic carbocycles. The Bertz CT molecular complexity index is 1390. The zero-order valence-corrected chi connectivity index (χ0v) is 23.9. The molecule has 188 valence electrons. The lowest BCUT2D eigenvalue weighted by Crippen LogP contribution is -2.45. The molecule has 7 heteroatoms. The van der Waals surface area contributed by atoms with Gasteiger partial charge in [0.2, 0.25) is 10.0 Å². The quantitative estimate of drug-likeness (QED) is 0.404. The van der Waals surface area contributed by atoms with Crippen LogP contribution < -0.4 is 5.19 Å². The van der Waals surface area contributed by atoms with Crippen LogP contribution in [0.2, 0.25) is 13.1 Å². The maximum Gasteiger partial charge on any atom is 0.243 e. The van der Waals surface area contributed by atoms with Gasteiger partial charge in [0.15, 0.2) is 0 Å². The van der Waals surface area contributed by atoms with Gasteiger partial charge in [-0.2, -0.15) is 4.31 Å². The Morgan fingerprint density at radius 2 is 1.67 bits per heavy atom. The largest absolute Gasteiger partial charge is 0.298 e. The molecule has 36 heavy (non-hydrogen) atoms. The molecule has 3 atom stereocenters. The summed E-state index contributed by atoms with van der Waals surface area (Å²) in [5, 5.41) is 4.68.